The highest BCUT2D eigenvalue weighted by Crippen LogP contribution is 2.06. The Labute approximate surface area is 322 Å². The second kappa shape index (κ2) is 27.2. The molecule has 17 N–H and O–H groups in total. The van der Waals surface area contributed by atoms with Crippen LogP contribution in [0.15, 0.2) is 4.99 Å². The van der Waals surface area contributed by atoms with Crippen LogP contribution in [0.3, 0.4) is 0 Å². The number of aliphatic imine (C=N–C) groups is 1. The number of carbonyl (C=O) groups excluding carboxylic acids is 9. The lowest BCUT2D eigenvalue weighted by atomic mass is 10.0. The lowest BCUT2D eigenvalue weighted by Crippen LogP contribution is -2.69. The summed E-state index contributed by atoms with van der Waals surface area (Å²) in [5.41, 5.74) is 16.1. The first-order valence-corrected chi connectivity index (χ1v) is 17.3. The van der Waals surface area contributed by atoms with Gasteiger partial charge < -0.3 is 73.2 Å². The summed E-state index contributed by atoms with van der Waals surface area (Å²) in [5, 5.41) is 40.2. The first kappa shape index (κ1) is 50.5. The van der Waals surface area contributed by atoms with Gasteiger partial charge in [0.2, 0.25) is 5.91 Å². The summed E-state index contributed by atoms with van der Waals surface area (Å²) in [5.74, 6) is -7.78. The largest absolute Gasteiger partial charge is 0.481 e. The predicted octanol–water partition coefficient (Wildman–Crippen LogP) is -7.96. The van der Waals surface area contributed by atoms with E-state index in [1.54, 1.807) is 13.8 Å². The Hall–Kier alpha value is -5.47. The fourth-order valence-corrected chi connectivity index (χ4v) is 4.42. The van der Waals surface area contributed by atoms with Crippen LogP contribution in [-0.2, 0) is 47.9 Å². The van der Waals surface area contributed by atoms with Crippen molar-refractivity contribution in [1.29, 1.82) is 0 Å². The molecule has 316 valence electrons. The maximum Gasteiger partial charge on any atom is 0.305 e. The summed E-state index contributed by atoms with van der Waals surface area (Å²) < 4.78 is 0. The minimum Gasteiger partial charge on any atom is -0.481 e. The fraction of sp³-hybridized carbons (Fsp3) is 0.645. The van der Waals surface area contributed by atoms with Gasteiger partial charge in [0.15, 0.2) is 30.6 Å². The molecule has 0 aromatic carbocycles. The Kier molecular flexibility index (Phi) is 24.5. The molecule has 10 atom stereocenters. The van der Waals surface area contributed by atoms with E-state index in [0.717, 1.165) is 0 Å². The van der Waals surface area contributed by atoms with Crippen molar-refractivity contribution in [3.63, 3.8) is 0 Å². The van der Waals surface area contributed by atoms with E-state index in [2.05, 4.69) is 52.8 Å². The molecular weight excluding hydrogens is 746 g/mol. The Bertz CT molecular complexity index is 1380. The average molecular weight is 802 g/mol. The van der Waals surface area contributed by atoms with Gasteiger partial charge >= 0.3 is 5.97 Å². The number of carboxylic acid groups (broad SMARTS) is 1. The number of carboxylic acids is 1. The molecule has 0 radical (unpaired) electrons. The Morgan fingerprint density at radius 2 is 1.14 bits per heavy atom. The van der Waals surface area contributed by atoms with Gasteiger partial charge in [0.1, 0.15) is 25.1 Å². The summed E-state index contributed by atoms with van der Waals surface area (Å²) >= 11 is 0. The number of aldehydes is 4. The van der Waals surface area contributed by atoms with Gasteiger partial charge in [0, 0.05) is 6.54 Å². The fourth-order valence-electron chi connectivity index (χ4n) is 4.42. The smallest absolute Gasteiger partial charge is 0.305 e. The number of amides is 5. The second-order valence-electron chi connectivity index (χ2n) is 12.4. The SMILES string of the molecule is CC[C@@H](C)[C@H](C=O)N[C@H](NC(=O)[C@H](NC(=O)[C@@H](NC(=O)[C@H](NC(=O)[C@H](C)NC)N[C@@H](C=O)CC(=O)O)N[C@@H](C=O)CCCN=C(N)N)N[C@@H](C=O)CO)C(N)=O. The number of guanidine groups is 1. The van der Waals surface area contributed by atoms with Crippen LogP contribution in [0.2, 0.25) is 0 Å². The van der Waals surface area contributed by atoms with Crippen molar-refractivity contribution in [2.75, 3.05) is 20.2 Å². The number of nitrogens with zero attached hydrogens (tertiary/aromatic N) is 1. The third kappa shape index (κ3) is 19.2. The number of hydrogen-bond acceptors (Lipinski definition) is 17. The zero-order valence-electron chi connectivity index (χ0n) is 31.5. The molecule has 0 fully saturated rings. The second-order valence-corrected chi connectivity index (χ2v) is 12.4. The van der Waals surface area contributed by atoms with Gasteiger partial charge in [-0.15, -0.1) is 0 Å². The molecule has 0 rings (SSSR count). The third-order valence-electron chi connectivity index (χ3n) is 8.00. The molecule has 0 spiro atoms. The molecule has 0 saturated heterocycles. The summed E-state index contributed by atoms with van der Waals surface area (Å²) in [7, 11) is 1.42. The number of nitrogens with one attached hydrogen (secondary N) is 9. The van der Waals surface area contributed by atoms with Crippen molar-refractivity contribution in [2.45, 2.75) is 101 Å². The lowest BCUT2D eigenvalue weighted by molar-refractivity contribution is -0.139. The zero-order valence-corrected chi connectivity index (χ0v) is 31.5. The van der Waals surface area contributed by atoms with E-state index in [1.165, 1.54) is 14.0 Å². The van der Waals surface area contributed by atoms with Gasteiger partial charge in [-0.2, -0.15) is 0 Å². The highest BCUT2D eigenvalue weighted by atomic mass is 16.4. The standard InChI is InChI=1S/C31H55N13O12/c1-5-15(2)20(14-49)40-23(22(32)52)41-28(54)26(39-19(12-47)13-48)44-29(55)24(37-17(10-45)7-6-8-36-31(33)34)43-30(56)25(42-27(53)16(3)35-4)38-18(11-46)9-21(50)51/h10-12,14-20,23-26,35,37-40,48H,5-9,13H2,1-4H3,(H2,32,52)(H,41,54)(H,42,53)(H,43,56)(H,44,55)(H,50,51)(H4,33,34,36)/t15-,16+,17-,18-,19+,20+,23-,24-,25+,26+/m1/s1. The van der Waals surface area contributed by atoms with E-state index in [1.807, 2.05) is 0 Å². The molecule has 0 aliphatic heterocycles. The lowest BCUT2D eigenvalue weighted by Gasteiger charge is -2.30. The molecule has 25 nitrogen and oxygen atoms in total. The van der Waals surface area contributed by atoms with Crippen LogP contribution < -0.4 is 65.1 Å². The third-order valence-corrected chi connectivity index (χ3v) is 8.00. The molecule has 5 amide bonds. The van der Waals surface area contributed by atoms with Crippen molar-refractivity contribution >= 4 is 66.6 Å². The quantitative estimate of drug-likeness (QED) is 0.0102. The van der Waals surface area contributed by atoms with Crippen molar-refractivity contribution < 1.29 is 58.2 Å². The monoisotopic (exact) mass is 801 g/mol. The first-order valence-electron chi connectivity index (χ1n) is 17.3. The molecular formula is C31H55N13O12. The molecule has 0 aliphatic rings. The summed E-state index contributed by atoms with van der Waals surface area (Å²) in [6.07, 6.45) is -6.59. The van der Waals surface area contributed by atoms with Gasteiger partial charge in [0.05, 0.1) is 43.2 Å². The summed E-state index contributed by atoms with van der Waals surface area (Å²) in [4.78, 5) is 128. The van der Waals surface area contributed by atoms with Gasteiger partial charge in [0.25, 0.3) is 23.6 Å². The topological polar surface area (TPSA) is 410 Å². The zero-order chi connectivity index (χ0) is 43.0. The number of rotatable bonds is 31. The van der Waals surface area contributed by atoms with Crippen LogP contribution in [0.4, 0.5) is 0 Å². The molecule has 0 aromatic heterocycles. The molecule has 56 heavy (non-hydrogen) atoms. The van der Waals surface area contributed by atoms with Crippen LogP contribution in [0.1, 0.15) is 46.5 Å². The molecule has 0 heterocycles. The van der Waals surface area contributed by atoms with Crippen LogP contribution in [0.5, 0.6) is 0 Å². The number of primary amides is 1. The highest BCUT2D eigenvalue weighted by Gasteiger charge is 2.35. The maximum atomic E-state index is 13.9. The van der Waals surface area contributed by atoms with E-state index in [4.69, 9.17) is 17.2 Å². The van der Waals surface area contributed by atoms with E-state index < -0.39 is 103 Å². The van der Waals surface area contributed by atoms with Crippen LogP contribution in [0, 0.1) is 5.92 Å². The number of likely N-dealkylation sites (N-methyl/N-ethyl adjacent to an activating group) is 1. The van der Waals surface area contributed by atoms with E-state index >= 15 is 0 Å². The van der Waals surface area contributed by atoms with Crippen molar-refractivity contribution in [1.82, 2.24) is 47.9 Å². The summed E-state index contributed by atoms with van der Waals surface area (Å²) in [6.45, 7) is 4.01. The first-order chi connectivity index (χ1) is 26.4. The number of nitrogens with two attached hydrogens (primary N) is 3. The molecule has 25 heteroatoms. The van der Waals surface area contributed by atoms with Crippen molar-refractivity contribution in [2.24, 2.45) is 28.1 Å². The molecule has 0 saturated carbocycles. The summed E-state index contributed by atoms with van der Waals surface area (Å²) in [6, 6.07) is -6.15. The van der Waals surface area contributed by atoms with E-state index in [9.17, 15) is 58.2 Å². The van der Waals surface area contributed by atoms with Gasteiger partial charge in [-0.05, 0) is 32.7 Å². The molecule has 0 unspecified atom stereocenters. The number of aliphatic hydroxyl groups excluding tert-OH is 1. The Morgan fingerprint density at radius 1 is 0.679 bits per heavy atom. The van der Waals surface area contributed by atoms with Gasteiger partial charge in [-0.25, -0.2) is 0 Å². The predicted molar refractivity (Wildman–Crippen MR) is 196 cm³/mol. The average Bonchev–Trinajstić information content (AvgIpc) is 3.16. The van der Waals surface area contributed by atoms with E-state index in [-0.39, 0.29) is 43.8 Å². The number of hydrogen-bond donors (Lipinski definition) is 14. The molecule has 0 bridgehead atoms. The van der Waals surface area contributed by atoms with Crippen molar-refractivity contribution in [3.8, 4) is 0 Å². The highest BCUT2D eigenvalue weighted by molar-refractivity contribution is 5.96. The van der Waals surface area contributed by atoms with Crippen LogP contribution >= 0.6 is 0 Å². The number of carbonyl (C=O) groups is 10. The van der Waals surface area contributed by atoms with Gasteiger partial charge in [-0.3, -0.25) is 55.0 Å². The Morgan fingerprint density at radius 3 is 1.54 bits per heavy atom. The minimum absolute atomic E-state index is 0.0379. The number of aliphatic hydroxyl groups is 1. The number of aliphatic carboxylic acids is 1. The maximum absolute atomic E-state index is 13.9. The molecule has 0 aromatic rings. The van der Waals surface area contributed by atoms with Gasteiger partial charge in [-0.1, -0.05) is 20.3 Å². The Balaban J connectivity index is 6.88. The van der Waals surface area contributed by atoms with Crippen LogP contribution in [0.25, 0.3) is 0 Å². The van der Waals surface area contributed by atoms with E-state index in [0.29, 0.717) is 19.0 Å². The van der Waals surface area contributed by atoms with Crippen molar-refractivity contribution in [3.05, 3.63) is 0 Å². The molecule has 0 aliphatic carbocycles. The van der Waals surface area contributed by atoms with Crippen LogP contribution in [-0.4, -0.2) is 152 Å². The normalized spacial score (nSPS) is 16.3. The minimum atomic E-state index is -2.00.